The second kappa shape index (κ2) is 16.9. The van der Waals surface area contributed by atoms with E-state index in [9.17, 15) is 0 Å². The molecule has 0 aliphatic heterocycles. The van der Waals surface area contributed by atoms with Crippen LogP contribution in [0.1, 0.15) is 26.2 Å². The molecule has 1 aliphatic rings. The van der Waals surface area contributed by atoms with Gasteiger partial charge in [-0.2, -0.15) is 12.5 Å². The van der Waals surface area contributed by atoms with E-state index in [0.717, 1.165) is 12.8 Å². The van der Waals surface area contributed by atoms with Crippen LogP contribution in [0, 0.1) is 13.0 Å². The van der Waals surface area contributed by atoms with Crippen LogP contribution in [0.4, 0.5) is 0 Å². The van der Waals surface area contributed by atoms with Crippen molar-refractivity contribution in [3.8, 4) is 0 Å². The summed E-state index contributed by atoms with van der Waals surface area (Å²) < 4.78 is 0. The van der Waals surface area contributed by atoms with E-state index in [4.69, 9.17) is 4.79 Å². The van der Waals surface area contributed by atoms with Crippen LogP contribution in [0.3, 0.4) is 0 Å². The molecule has 0 radical (unpaired) electrons. The summed E-state index contributed by atoms with van der Waals surface area (Å²) in [7, 11) is 0. The molecule has 0 aromatic heterocycles. The fraction of sp³-hybridized carbons (Fsp3) is 0.400. The first-order chi connectivity index (χ1) is 5.83. The molecule has 0 aromatic carbocycles. The van der Waals surface area contributed by atoms with Gasteiger partial charge in [0.2, 0.25) is 0 Å². The summed E-state index contributed by atoms with van der Waals surface area (Å²) in [6, 6.07) is 0. The van der Waals surface area contributed by atoms with Gasteiger partial charge in [0.1, 0.15) is 0 Å². The van der Waals surface area contributed by atoms with Gasteiger partial charge in [-0.05, 0) is 0 Å². The van der Waals surface area contributed by atoms with Crippen LogP contribution in [0.2, 0.25) is 0 Å². The molecule has 1 nitrogen and oxygen atoms in total. The van der Waals surface area contributed by atoms with Crippen LogP contribution in [0.15, 0.2) is 18.2 Å². The summed E-state index contributed by atoms with van der Waals surface area (Å²) in [6.07, 6.45) is 12.3. The molecule has 0 fully saturated rings. The van der Waals surface area contributed by atoms with Crippen molar-refractivity contribution in [3.05, 3.63) is 31.2 Å². The zero-order valence-electron chi connectivity index (χ0n) is 7.35. The Bertz CT molecular complexity index is 141. The standard InChI is InChI=1S/C5H5.C4H9.CO.Mn/c1-2-4-5-3-1;1-3-4-2;1-2;/h1-3H,4H2;1,3-4H2,2H3;;/q2*-1;;. The second-order valence-electron chi connectivity index (χ2n) is 1.93. The molecule has 0 bridgehead atoms. The minimum absolute atomic E-state index is 1.01. The smallest absolute Gasteiger partial charge is 0.0678 e. The molecule has 1 aliphatic carbocycles. The Morgan fingerprint density at radius 1 is 1.75 bits per heavy atom. The number of hydrogen-bond donors (Lipinski definition) is 0. The largest absolute Gasteiger partial charge is 0.343 e. The van der Waals surface area contributed by atoms with Gasteiger partial charge in [0.15, 0.2) is 0 Å². The van der Waals surface area contributed by atoms with E-state index >= 15 is 0 Å². The Morgan fingerprint density at radius 3 is 2.33 bits per heavy atom. The minimum Gasteiger partial charge on any atom is -0.343 e. The van der Waals surface area contributed by atoms with Gasteiger partial charge >= 0.3 is 25.2 Å². The zero-order chi connectivity index (χ0) is 9.66. The van der Waals surface area contributed by atoms with Crippen molar-refractivity contribution in [2.45, 2.75) is 26.2 Å². The molecular formula is C10H14MnO-2. The molecule has 0 aromatic rings. The van der Waals surface area contributed by atoms with Gasteiger partial charge in [0, 0.05) is 0 Å². The fourth-order valence-corrected chi connectivity index (χ4v) is 0.340. The van der Waals surface area contributed by atoms with Crippen LogP contribution < -0.4 is 0 Å². The molecule has 0 spiro atoms. The van der Waals surface area contributed by atoms with Crippen LogP contribution in [0.5, 0.6) is 0 Å². The van der Waals surface area contributed by atoms with E-state index in [1.165, 1.54) is 11.2 Å². The van der Waals surface area contributed by atoms with Crippen molar-refractivity contribution in [3.63, 3.8) is 0 Å². The van der Waals surface area contributed by atoms with Crippen LogP contribution in [0.25, 0.3) is 0 Å². The van der Waals surface area contributed by atoms with Gasteiger partial charge in [-0.25, -0.2) is 12.2 Å². The van der Waals surface area contributed by atoms with Crippen LogP contribution >= 0.6 is 0 Å². The maximum atomic E-state index is 8.60. The number of rotatable bonds is 1. The van der Waals surface area contributed by atoms with Gasteiger partial charge in [-0.15, -0.1) is 6.42 Å². The molecule has 1 rings (SSSR count). The monoisotopic (exact) mass is 205 g/mol. The van der Waals surface area contributed by atoms with E-state index in [0.29, 0.717) is 0 Å². The van der Waals surface area contributed by atoms with E-state index < -0.39 is 0 Å². The summed E-state index contributed by atoms with van der Waals surface area (Å²) >= 11 is 2.34. The molecule has 2 heteroatoms. The number of carbonyl (C=O) groups excluding carboxylic acids is 1. The number of hydrogen-bond acceptors (Lipinski definition) is 1. The summed E-state index contributed by atoms with van der Waals surface area (Å²) in [4.78, 5) is 9.91. The summed E-state index contributed by atoms with van der Waals surface area (Å²) in [5.74, 6) is 0. The SMILES string of the molecule is O=[C]=[Mn].[C-]1=CC=CC1.[CH2-]CCC. The number of unbranched alkanes of at least 4 members (excludes halogenated alkanes) is 1. The van der Waals surface area contributed by atoms with Crippen molar-refractivity contribution < 1.29 is 20.4 Å². The predicted octanol–water partition coefficient (Wildman–Crippen LogP) is 2.53. The average molecular weight is 205 g/mol. The first kappa shape index (κ1) is 14.1. The molecule has 0 N–H and O–H groups in total. The third-order valence-corrected chi connectivity index (χ3v) is 0.939. The fourth-order valence-electron chi connectivity index (χ4n) is 0.340. The zero-order valence-corrected chi connectivity index (χ0v) is 8.53. The Morgan fingerprint density at radius 2 is 2.25 bits per heavy atom. The predicted molar refractivity (Wildman–Crippen MR) is 47.5 cm³/mol. The molecule has 0 heterocycles. The normalized spacial score (nSPS) is 10.5. The van der Waals surface area contributed by atoms with Gasteiger partial charge in [0.25, 0.3) is 0 Å². The summed E-state index contributed by atoms with van der Waals surface area (Å²) in [5, 5.41) is 0. The van der Waals surface area contributed by atoms with E-state index in [1.807, 2.05) is 12.2 Å². The first-order valence-electron chi connectivity index (χ1n) is 3.82. The van der Waals surface area contributed by atoms with Crippen molar-refractivity contribution in [2.24, 2.45) is 0 Å². The van der Waals surface area contributed by atoms with Crippen LogP contribution in [-0.2, 0) is 20.4 Å². The summed E-state index contributed by atoms with van der Waals surface area (Å²) in [6.45, 7) is 5.72. The van der Waals surface area contributed by atoms with Crippen molar-refractivity contribution in [2.75, 3.05) is 0 Å². The molecule has 12 heavy (non-hydrogen) atoms. The molecule has 0 unspecified atom stereocenters. The molecule has 0 saturated heterocycles. The van der Waals surface area contributed by atoms with E-state index in [1.54, 1.807) is 0 Å². The molecule has 0 atom stereocenters. The minimum atomic E-state index is 1.01. The quantitative estimate of drug-likeness (QED) is 0.475. The molecule has 0 amide bonds. The maximum absolute atomic E-state index is 8.60. The molecule has 69 valence electrons. The van der Waals surface area contributed by atoms with Crippen molar-refractivity contribution in [1.82, 2.24) is 0 Å². The Hall–Kier alpha value is -0.421. The number of allylic oxidation sites excluding steroid dienone is 4. The third-order valence-electron chi connectivity index (χ3n) is 0.939. The Balaban J connectivity index is 0. The Kier molecular flexibility index (Phi) is 19.9. The van der Waals surface area contributed by atoms with Gasteiger partial charge < -0.3 is 6.92 Å². The molecule has 0 saturated carbocycles. The van der Waals surface area contributed by atoms with Crippen molar-refractivity contribution in [1.29, 1.82) is 0 Å². The summed E-state index contributed by atoms with van der Waals surface area (Å²) in [5.41, 5.74) is 0. The van der Waals surface area contributed by atoms with Crippen LogP contribution in [-0.4, -0.2) is 4.79 Å². The second-order valence-corrected chi connectivity index (χ2v) is 2.17. The topological polar surface area (TPSA) is 17.1 Å². The Labute approximate surface area is 82.9 Å². The third kappa shape index (κ3) is 22.7. The maximum Gasteiger partial charge on any atom is -0.0678 e. The van der Waals surface area contributed by atoms with Gasteiger partial charge in [0.05, 0.1) is 0 Å². The van der Waals surface area contributed by atoms with E-state index in [2.05, 4.69) is 41.6 Å². The van der Waals surface area contributed by atoms with E-state index in [-0.39, 0.29) is 0 Å². The van der Waals surface area contributed by atoms with Gasteiger partial charge in [-0.3, -0.25) is 6.08 Å². The first-order valence-corrected chi connectivity index (χ1v) is 4.41. The molecular weight excluding hydrogens is 191 g/mol. The van der Waals surface area contributed by atoms with Crippen molar-refractivity contribution >= 4 is 4.79 Å². The van der Waals surface area contributed by atoms with Gasteiger partial charge in [-0.1, -0.05) is 13.3 Å². The average Bonchev–Trinajstić information content (AvgIpc) is 2.62.